The number of hydrogen-bond donors (Lipinski definition) is 1. The van der Waals surface area contributed by atoms with Crippen molar-refractivity contribution in [2.45, 2.75) is 52.2 Å². The van der Waals surface area contributed by atoms with Crippen molar-refractivity contribution >= 4 is 5.82 Å². The first-order valence-electron chi connectivity index (χ1n) is 7.09. The summed E-state index contributed by atoms with van der Waals surface area (Å²) in [6.07, 6.45) is 7.33. The van der Waals surface area contributed by atoms with Gasteiger partial charge in [0.1, 0.15) is 5.82 Å². The molecule has 1 aromatic heterocycles. The van der Waals surface area contributed by atoms with Gasteiger partial charge in [0.2, 0.25) is 0 Å². The van der Waals surface area contributed by atoms with E-state index in [-0.39, 0.29) is 0 Å². The minimum Gasteiger partial charge on any atom is -0.373 e. The quantitative estimate of drug-likeness (QED) is 0.864. The van der Waals surface area contributed by atoms with Crippen LogP contribution >= 0.6 is 0 Å². The summed E-state index contributed by atoms with van der Waals surface area (Å²) in [6, 6.07) is 4.07. The molecule has 1 N–H and O–H groups in total. The predicted octanol–water partition coefficient (Wildman–Crippen LogP) is 3.61. The van der Waals surface area contributed by atoms with Crippen LogP contribution in [-0.2, 0) is 11.3 Å². The third kappa shape index (κ3) is 3.70. The van der Waals surface area contributed by atoms with Crippen molar-refractivity contribution in [2.24, 2.45) is 5.92 Å². The Hall–Kier alpha value is -1.09. The molecule has 100 valence electrons. The first kappa shape index (κ1) is 13.3. The number of rotatable bonds is 5. The van der Waals surface area contributed by atoms with Crippen molar-refractivity contribution < 1.29 is 4.74 Å². The summed E-state index contributed by atoms with van der Waals surface area (Å²) in [5, 5.41) is 3.28. The van der Waals surface area contributed by atoms with E-state index in [1.807, 2.05) is 12.3 Å². The van der Waals surface area contributed by atoms with Crippen molar-refractivity contribution in [3.05, 3.63) is 23.9 Å². The molecule has 0 amide bonds. The number of pyridine rings is 1. The van der Waals surface area contributed by atoms with E-state index >= 15 is 0 Å². The molecule has 18 heavy (non-hydrogen) atoms. The fourth-order valence-corrected chi connectivity index (χ4v) is 2.62. The Morgan fingerprint density at radius 1 is 1.44 bits per heavy atom. The number of anilines is 1. The number of hydrogen-bond acceptors (Lipinski definition) is 3. The van der Waals surface area contributed by atoms with Gasteiger partial charge >= 0.3 is 0 Å². The molecular weight excluding hydrogens is 224 g/mol. The molecule has 2 unspecified atom stereocenters. The van der Waals surface area contributed by atoms with Gasteiger partial charge in [0.25, 0.3) is 0 Å². The van der Waals surface area contributed by atoms with Crippen molar-refractivity contribution in [3.8, 4) is 0 Å². The van der Waals surface area contributed by atoms with Crippen LogP contribution in [0.4, 0.5) is 5.82 Å². The average Bonchev–Trinajstić information content (AvgIpc) is 2.38. The highest BCUT2D eigenvalue weighted by Gasteiger charge is 2.19. The predicted molar refractivity (Wildman–Crippen MR) is 74.6 cm³/mol. The van der Waals surface area contributed by atoms with Gasteiger partial charge in [0, 0.05) is 18.3 Å². The second-order valence-electron chi connectivity index (χ2n) is 5.25. The van der Waals surface area contributed by atoms with E-state index in [0.717, 1.165) is 23.8 Å². The second kappa shape index (κ2) is 6.74. The van der Waals surface area contributed by atoms with Crippen LogP contribution in [0.2, 0.25) is 0 Å². The topological polar surface area (TPSA) is 34.2 Å². The summed E-state index contributed by atoms with van der Waals surface area (Å²) in [5.74, 6) is 1.77. The SMILES string of the molecule is CCNc1ncccc1COC1CCCC(C)C1. The molecule has 2 rings (SSSR count). The molecule has 1 aliphatic carbocycles. The molecule has 3 heteroatoms. The summed E-state index contributed by atoms with van der Waals surface area (Å²) in [5.41, 5.74) is 1.16. The van der Waals surface area contributed by atoms with Crippen LogP contribution in [0.25, 0.3) is 0 Å². The Morgan fingerprint density at radius 3 is 3.11 bits per heavy atom. The molecule has 0 saturated heterocycles. The largest absolute Gasteiger partial charge is 0.373 e. The highest BCUT2D eigenvalue weighted by Crippen LogP contribution is 2.26. The van der Waals surface area contributed by atoms with Crippen LogP contribution in [0.5, 0.6) is 0 Å². The second-order valence-corrected chi connectivity index (χ2v) is 5.25. The van der Waals surface area contributed by atoms with Crippen LogP contribution in [0.15, 0.2) is 18.3 Å². The molecule has 3 nitrogen and oxygen atoms in total. The highest BCUT2D eigenvalue weighted by molar-refractivity contribution is 5.42. The standard InChI is InChI=1S/C15H24N2O/c1-3-16-15-13(7-5-9-17-15)11-18-14-8-4-6-12(2)10-14/h5,7,9,12,14H,3-4,6,8,10-11H2,1-2H3,(H,16,17). The molecule has 1 fully saturated rings. The Bertz CT molecular complexity index is 367. The maximum absolute atomic E-state index is 6.05. The van der Waals surface area contributed by atoms with Gasteiger partial charge < -0.3 is 10.1 Å². The molecule has 1 heterocycles. The van der Waals surface area contributed by atoms with Gasteiger partial charge in [0.15, 0.2) is 0 Å². The lowest BCUT2D eigenvalue weighted by Crippen LogP contribution is -2.21. The van der Waals surface area contributed by atoms with E-state index in [4.69, 9.17) is 4.74 Å². The van der Waals surface area contributed by atoms with E-state index in [1.165, 1.54) is 25.7 Å². The monoisotopic (exact) mass is 248 g/mol. The summed E-state index contributed by atoms with van der Waals surface area (Å²) in [6.45, 7) is 5.98. The number of nitrogens with one attached hydrogen (secondary N) is 1. The minimum atomic E-state index is 0.434. The average molecular weight is 248 g/mol. The zero-order valence-electron chi connectivity index (χ0n) is 11.5. The van der Waals surface area contributed by atoms with Crippen molar-refractivity contribution in [1.29, 1.82) is 0 Å². The molecular formula is C15H24N2O. The van der Waals surface area contributed by atoms with Gasteiger partial charge in [-0.25, -0.2) is 4.98 Å². The molecule has 1 aromatic rings. The van der Waals surface area contributed by atoms with Crippen molar-refractivity contribution in [3.63, 3.8) is 0 Å². The zero-order chi connectivity index (χ0) is 12.8. The molecule has 1 saturated carbocycles. The zero-order valence-corrected chi connectivity index (χ0v) is 11.5. The fraction of sp³-hybridized carbons (Fsp3) is 0.667. The first-order chi connectivity index (χ1) is 8.79. The van der Waals surface area contributed by atoms with Gasteiger partial charge in [0.05, 0.1) is 12.7 Å². The summed E-state index contributed by atoms with van der Waals surface area (Å²) in [7, 11) is 0. The Labute approximate surface area is 110 Å². The molecule has 0 spiro atoms. The minimum absolute atomic E-state index is 0.434. The van der Waals surface area contributed by atoms with Gasteiger partial charge in [-0.1, -0.05) is 25.8 Å². The third-order valence-corrected chi connectivity index (χ3v) is 3.60. The van der Waals surface area contributed by atoms with E-state index in [1.54, 1.807) is 0 Å². The molecule has 0 bridgehead atoms. The first-order valence-corrected chi connectivity index (χ1v) is 7.09. The Kier molecular flexibility index (Phi) is 5.00. The van der Waals surface area contributed by atoms with Crippen molar-refractivity contribution in [2.75, 3.05) is 11.9 Å². The third-order valence-electron chi connectivity index (χ3n) is 3.60. The number of ether oxygens (including phenoxy) is 1. The summed E-state index contributed by atoms with van der Waals surface area (Å²) < 4.78 is 6.05. The summed E-state index contributed by atoms with van der Waals surface area (Å²) in [4.78, 5) is 4.36. The normalized spacial score (nSPS) is 23.9. The molecule has 2 atom stereocenters. The van der Waals surface area contributed by atoms with Crippen LogP contribution in [-0.4, -0.2) is 17.6 Å². The lowest BCUT2D eigenvalue weighted by Gasteiger charge is -2.27. The lowest BCUT2D eigenvalue weighted by molar-refractivity contribution is 0.00481. The Balaban J connectivity index is 1.89. The van der Waals surface area contributed by atoms with E-state index in [9.17, 15) is 0 Å². The number of nitrogens with zero attached hydrogens (tertiary/aromatic N) is 1. The Morgan fingerprint density at radius 2 is 2.33 bits per heavy atom. The molecule has 0 radical (unpaired) electrons. The van der Waals surface area contributed by atoms with Crippen LogP contribution < -0.4 is 5.32 Å². The van der Waals surface area contributed by atoms with Crippen LogP contribution in [0.1, 0.15) is 45.1 Å². The van der Waals surface area contributed by atoms with Crippen molar-refractivity contribution in [1.82, 2.24) is 4.98 Å². The number of aromatic nitrogens is 1. The fourth-order valence-electron chi connectivity index (χ4n) is 2.62. The smallest absolute Gasteiger partial charge is 0.131 e. The molecule has 0 aliphatic heterocycles. The summed E-state index contributed by atoms with van der Waals surface area (Å²) >= 11 is 0. The van der Waals surface area contributed by atoms with E-state index < -0.39 is 0 Å². The van der Waals surface area contributed by atoms with E-state index in [2.05, 4.69) is 30.2 Å². The van der Waals surface area contributed by atoms with Crippen LogP contribution in [0, 0.1) is 5.92 Å². The lowest BCUT2D eigenvalue weighted by atomic mass is 9.89. The molecule has 1 aliphatic rings. The maximum atomic E-state index is 6.05. The van der Waals surface area contributed by atoms with Gasteiger partial charge in [-0.2, -0.15) is 0 Å². The van der Waals surface area contributed by atoms with Gasteiger partial charge in [-0.15, -0.1) is 0 Å². The van der Waals surface area contributed by atoms with Crippen LogP contribution in [0.3, 0.4) is 0 Å². The maximum Gasteiger partial charge on any atom is 0.131 e. The van der Waals surface area contributed by atoms with Gasteiger partial charge in [-0.3, -0.25) is 0 Å². The molecule has 0 aromatic carbocycles. The van der Waals surface area contributed by atoms with Gasteiger partial charge in [-0.05, 0) is 31.7 Å². The van der Waals surface area contributed by atoms with E-state index in [0.29, 0.717) is 12.7 Å². The highest BCUT2D eigenvalue weighted by atomic mass is 16.5.